The number of urea groups is 2. The summed E-state index contributed by atoms with van der Waals surface area (Å²) in [5, 5.41) is 19.2. The Morgan fingerprint density at radius 1 is 0.595 bits per heavy atom. The highest BCUT2D eigenvalue weighted by atomic mass is 16.4. The zero-order valence-electron chi connectivity index (χ0n) is 19.9. The highest BCUT2D eigenvalue weighted by Gasteiger charge is 2.35. The number of imide groups is 2. The lowest BCUT2D eigenvalue weighted by Gasteiger charge is -2.26. The number of hydrogen-bond acceptors (Lipinski definition) is 6. The molecule has 2 aromatic rings. The van der Waals surface area contributed by atoms with Gasteiger partial charge in [0.05, 0.1) is 0 Å². The van der Waals surface area contributed by atoms with Crippen LogP contribution in [0.3, 0.4) is 0 Å². The van der Waals surface area contributed by atoms with Crippen LogP contribution >= 0.6 is 0 Å². The first kappa shape index (κ1) is 28.5. The fraction of sp³-hybridized carbons (Fsp3) is 0.280. The van der Waals surface area contributed by atoms with Gasteiger partial charge in [-0.2, -0.15) is 0 Å². The number of aliphatic carboxylic acids is 2. The molecule has 2 rings (SSSR count). The molecule has 6 N–H and O–H groups in total. The van der Waals surface area contributed by atoms with E-state index < -0.39 is 47.9 Å². The minimum absolute atomic E-state index is 0.175. The molecule has 0 saturated heterocycles. The maximum Gasteiger partial charge on any atom is 0.331 e. The molecule has 12 heteroatoms. The highest BCUT2D eigenvalue weighted by molar-refractivity contribution is 5.99. The van der Waals surface area contributed by atoms with E-state index in [1.54, 1.807) is 36.4 Å². The third-order valence-electron chi connectivity index (χ3n) is 5.51. The highest BCUT2D eigenvalue weighted by Crippen LogP contribution is 2.24. The van der Waals surface area contributed by atoms with E-state index >= 15 is 0 Å². The molecule has 6 amide bonds. The summed E-state index contributed by atoms with van der Waals surface area (Å²) in [5.41, 5.74) is 11.0. The van der Waals surface area contributed by atoms with Crippen LogP contribution in [0.1, 0.15) is 55.3 Å². The minimum atomic E-state index is -1.59. The third-order valence-corrected chi connectivity index (χ3v) is 5.51. The lowest BCUT2D eigenvalue weighted by molar-refractivity contribution is -0.148. The summed E-state index contributed by atoms with van der Waals surface area (Å²) in [4.78, 5) is 73.8. The van der Waals surface area contributed by atoms with Crippen molar-refractivity contribution in [3.05, 3.63) is 71.8 Å². The molecule has 2 atom stereocenters. The first-order valence-electron chi connectivity index (χ1n) is 11.3. The van der Waals surface area contributed by atoms with E-state index in [-0.39, 0.29) is 43.2 Å². The van der Waals surface area contributed by atoms with Gasteiger partial charge in [-0.25, -0.2) is 29.0 Å². The number of carbonyl (C=O) groups excluding carboxylic acids is 4. The zero-order valence-corrected chi connectivity index (χ0v) is 19.9. The third kappa shape index (κ3) is 7.62. The molecule has 0 saturated carbocycles. The van der Waals surface area contributed by atoms with Gasteiger partial charge in [-0.05, 0) is 24.0 Å². The van der Waals surface area contributed by atoms with Crippen molar-refractivity contribution in [2.45, 2.75) is 44.2 Å². The first-order chi connectivity index (χ1) is 17.6. The predicted molar refractivity (Wildman–Crippen MR) is 130 cm³/mol. The summed E-state index contributed by atoms with van der Waals surface area (Å²) in [6.45, 7) is 0. The number of amides is 6. The average Bonchev–Trinajstić information content (AvgIpc) is 2.85. The smallest absolute Gasteiger partial charge is 0.331 e. The fourth-order valence-corrected chi connectivity index (χ4v) is 3.83. The predicted octanol–water partition coefficient (Wildman–Crippen LogP) is 2.40. The van der Waals surface area contributed by atoms with E-state index in [0.717, 1.165) is 0 Å². The molecule has 196 valence electrons. The number of carboxylic acids is 2. The average molecular weight is 513 g/mol. The van der Waals surface area contributed by atoms with Crippen LogP contribution in [-0.4, -0.2) is 55.8 Å². The number of rotatable bonds is 12. The van der Waals surface area contributed by atoms with E-state index in [4.69, 9.17) is 11.5 Å². The van der Waals surface area contributed by atoms with Crippen molar-refractivity contribution in [1.82, 2.24) is 9.80 Å². The van der Waals surface area contributed by atoms with Gasteiger partial charge < -0.3 is 21.7 Å². The number of primary amides is 2. The number of nitrogens with two attached hydrogens (primary N) is 2. The van der Waals surface area contributed by atoms with Crippen molar-refractivity contribution >= 4 is 35.8 Å². The van der Waals surface area contributed by atoms with Crippen LogP contribution in [-0.2, 0) is 19.2 Å². The Morgan fingerprint density at radius 3 is 1.19 bits per heavy atom. The molecule has 0 spiro atoms. The molecule has 0 aliphatic carbocycles. The number of carboxylic acid groups (broad SMARTS) is 2. The van der Waals surface area contributed by atoms with E-state index in [9.17, 15) is 39.0 Å². The molecular formula is C25H28N4O8. The molecule has 37 heavy (non-hydrogen) atoms. The quantitative estimate of drug-likeness (QED) is 0.310. The van der Waals surface area contributed by atoms with Crippen molar-refractivity contribution in [3.63, 3.8) is 0 Å². The van der Waals surface area contributed by atoms with Crippen LogP contribution in [0.25, 0.3) is 0 Å². The van der Waals surface area contributed by atoms with Crippen LogP contribution in [0.5, 0.6) is 0 Å². The lowest BCUT2D eigenvalue weighted by Crippen LogP contribution is -2.46. The van der Waals surface area contributed by atoms with Gasteiger partial charge in [0, 0.05) is 12.8 Å². The zero-order chi connectivity index (χ0) is 27.5. The van der Waals surface area contributed by atoms with Crippen LogP contribution < -0.4 is 11.5 Å². The normalized spacial score (nSPS) is 12.1. The molecule has 0 radical (unpaired) electrons. The second kappa shape index (κ2) is 13.4. The second-order valence-electron chi connectivity index (χ2n) is 8.07. The number of unbranched alkanes of at least 4 members (excludes halogenated alkanes) is 2. The van der Waals surface area contributed by atoms with Crippen LogP contribution in [0.2, 0.25) is 0 Å². The molecule has 2 aromatic carbocycles. The topological polar surface area (TPSA) is 201 Å². The monoisotopic (exact) mass is 512 g/mol. The second-order valence-corrected chi connectivity index (χ2v) is 8.07. The van der Waals surface area contributed by atoms with E-state index in [1.807, 2.05) is 0 Å². The number of benzene rings is 2. The van der Waals surface area contributed by atoms with Gasteiger partial charge in [-0.15, -0.1) is 0 Å². The summed E-state index contributed by atoms with van der Waals surface area (Å²) >= 11 is 0. The SMILES string of the molecule is NC(=O)N(C(=O)CCCCCC(=O)N(C(N)=O)C(C(=O)O)c1ccccc1)C(C(=O)O)c1ccccc1. The summed E-state index contributed by atoms with van der Waals surface area (Å²) < 4.78 is 0. The van der Waals surface area contributed by atoms with Crippen molar-refractivity contribution in [3.8, 4) is 0 Å². The van der Waals surface area contributed by atoms with Gasteiger partial charge in [0.1, 0.15) is 0 Å². The van der Waals surface area contributed by atoms with E-state index in [0.29, 0.717) is 9.80 Å². The molecule has 0 bridgehead atoms. The van der Waals surface area contributed by atoms with Crippen molar-refractivity contribution in [1.29, 1.82) is 0 Å². The first-order valence-corrected chi connectivity index (χ1v) is 11.3. The number of nitrogens with zero attached hydrogens (tertiary/aromatic N) is 2. The van der Waals surface area contributed by atoms with E-state index in [1.165, 1.54) is 24.3 Å². The Kier molecular flexibility index (Phi) is 10.3. The van der Waals surface area contributed by atoms with Crippen molar-refractivity contribution < 1.29 is 39.0 Å². The maximum absolute atomic E-state index is 12.7. The molecule has 0 aliphatic heterocycles. The number of carbonyl (C=O) groups is 6. The lowest BCUT2D eigenvalue weighted by atomic mass is 10.0. The van der Waals surface area contributed by atoms with Crippen molar-refractivity contribution in [2.75, 3.05) is 0 Å². The van der Waals surface area contributed by atoms with Crippen molar-refractivity contribution in [2.24, 2.45) is 11.5 Å². The largest absolute Gasteiger partial charge is 0.479 e. The van der Waals surface area contributed by atoms with Gasteiger partial charge in [-0.1, -0.05) is 67.1 Å². The van der Waals surface area contributed by atoms with Crippen LogP contribution in [0.4, 0.5) is 9.59 Å². The molecule has 12 nitrogen and oxygen atoms in total. The molecule has 0 fully saturated rings. The Labute approximate surface area is 212 Å². The van der Waals surface area contributed by atoms with Gasteiger partial charge in [0.15, 0.2) is 12.1 Å². The Bertz CT molecular complexity index is 1050. The van der Waals surface area contributed by atoms with Gasteiger partial charge >= 0.3 is 24.0 Å². The Balaban J connectivity index is 1.99. The van der Waals surface area contributed by atoms with E-state index in [2.05, 4.69) is 0 Å². The standard InChI is InChI=1S/C25H28N4O8/c26-24(36)28(20(22(32)33)16-10-4-1-5-11-16)18(30)14-8-3-9-15-19(31)29(25(27)37)21(23(34)35)17-12-6-2-7-13-17/h1-2,4-7,10-13,20-21H,3,8-9,14-15H2,(H2,26,36)(H2,27,37)(H,32,33)(H,34,35). The summed E-state index contributed by atoms with van der Waals surface area (Å²) in [5.74, 6) is -4.46. The van der Waals surface area contributed by atoms with Gasteiger partial charge in [0.2, 0.25) is 11.8 Å². The summed E-state index contributed by atoms with van der Waals surface area (Å²) in [6, 6.07) is 9.76. The molecular weight excluding hydrogens is 484 g/mol. The summed E-state index contributed by atoms with van der Waals surface area (Å²) in [6.07, 6.45) is 0.177. The fourth-order valence-electron chi connectivity index (χ4n) is 3.83. The molecule has 0 heterocycles. The van der Waals surface area contributed by atoms with Crippen LogP contribution in [0, 0.1) is 0 Å². The minimum Gasteiger partial charge on any atom is -0.479 e. The maximum atomic E-state index is 12.7. The number of hydrogen-bond donors (Lipinski definition) is 4. The van der Waals surface area contributed by atoms with Crippen LogP contribution in [0.15, 0.2) is 60.7 Å². The Morgan fingerprint density at radius 2 is 0.919 bits per heavy atom. The summed E-state index contributed by atoms with van der Waals surface area (Å²) in [7, 11) is 0. The molecule has 2 unspecified atom stereocenters. The Hall–Kier alpha value is -4.74. The molecule has 0 aromatic heterocycles. The van der Waals surface area contributed by atoms with Gasteiger partial charge in [0.25, 0.3) is 0 Å². The molecule has 0 aliphatic rings. The van der Waals surface area contributed by atoms with Gasteiger partial charge in [-0.3, -0.25) is 9.59 Å².